The van der Waals surface area contributed by atoms with Crippen LogP contribution in [0.3, 0.4) is 0 Å². The first-order valence-corrected chi connectivity index (χ1v) is 8.71. The van der Waals surface area contributed by atoms with Crippen molar-refractivity contribution in [3.63, 3.8) is 0 Å². The summed E-state index contributed by atoms with van der Waals surface area (Å²) in [4.78, 5) is 0.312. The second-order valence-electron chi connectivity index (χ2n) is 4.99. The van der Waals surface area contributed by atoms with E-state index in [2.05, 4.69) is 0 Å². The summed E-state index contributed by atoms with van der Waals surface area (Å²) >= 11 is 0. The van der Waals surface area contributed by atoms with Crippen molar-refractivity contribution in [2.75, 3.05) is 20.2 Å². The molecule has 0 saturated carbocycles. The normalized spacial score (nSPS) is 11.6. The molecule has 0 unspecified atom stereocenters. The van der Waals surface area contributed by atoms with E-state index in [1.54, 1.807) is 19.2 Å². The minimum absolute atomic E-state index is 0.298. The molecule has 4 nitrogen and oxygen atoms in total. The molecule has 0 spiro atoms. The van der Waals surface area contributed by atoms with Crippen LogP contribution in [0.4, 0.5) is 0 Å². The van der Waals surface area contributed by atoms with Crippen LogP contribution in [-0.2, 0) is 16.4 Å². The van der Waals surface area contributed by atoms with Gasteiger partial charge in [0.05, 0.1) is 4.90 Å². The maximum atomic E-state index is 12.4. The Morgan fingerprint density at radius 3 is 2.23 bits per heavy atom. The smallest absolute Gasteiger partial charge is 0.242 e. The summed E-state index contributed by atoms with van der Waals surface area (Å²) in [6.07, 6.45) is 0.890. The molecule has 0 bridgehead atoms. The van der Waals surface area contributed by atoms with Crippen molar-refractivity contribution in [3.8, 4) is 5.75 Å². The fourth-order valence-corrected chi connectivity index (χ4v) is 3.16. The predicted molar refractivity (Wildman–Crippen MR) is 87.6 cm³/mol. The Kier molecular flexibility index (Phi) is 5.57. The molecule has 0 radical (unpaired) electrons. The summed E-state index contributed by atoms with van der Waals surface area (Å²) in [5, 5.41) is 0. The zero-order chi connectivity index (χ0) is 16.0. The first kappa shape index (κ1) is 16.5. The van der Waals surface area contributed by atoms with Crippen LogP contribution in [0, 0.1) is 0 Å². The molecule has 22 heavy (non-hydrogen) atoms. The summed E-state index contributed by atoms with van der Waals surface area (Å²) in [5.74, 6) is 0.737. The number of hydrogen-bond acceptors (Lipinski definition) is 3. The van der Waals surface area contributed by atoms with Gasteiger partial charge in [0, 0.05) is 13.6 Å². The Bertz CT molecular complexity index is 682. The quantitative estimate of drug-likeness (QED) is 0.788. The molecule has 2 aromatic rings. The average molecular weight is 319 g/mol. The molecule has 2 rings (SSSR count). The van der Waals surface area contributed by atoms with Gasteiger partial charge in [-0.05, 0) is 36.2 Å². The maximum Gasteiger partial charge on any atom is 0.242 e. The Balaban J connectivity index is 1.96. The summed E-state index contributed by atoms with van der Waals surface area (Å²) in [7, 11) is -1.90. The van der Waals surface area contributed by atoms with E-state index in [4.69, 9.17) is 4.74 Å². The molecule has 0 aliphatic rings. The molecule has 0 heterocycles. The van der Waals surface area contributed by atoms with Gasteiger partial charge in [-0.15, -0.1) is 0 Å². The van der Waals surface area contributed by atoms with Crippen LogP contribution in [0.15, 0.2) is 59.5 Å². The molecule has 2 aromatic carbocycles. The van der Waals surface area contributed by atoms with Crippen LogP contribution in [0.25, 0.3) is 0 Å². The first-order valence-electron chi connectivity index (χ1n) is 7.27. The summed E-state index contributed by atoms with van der Waals surface area (Å²) in [5.41, 5.74) is 1.12. The molecule has 0 atom stereocenters. The fraction of sp³-hybridized carbons (Fsp3) is 0.294. The van der Waals surface area contributed by atoms with E-state index in [1.165, 1.54) is 4.31 Å². The van der Waals surface area contributed by atoms with Crippen molar-refractivity contribution in [3.05, 3.63) is 60.2 Å². The number of likely N-dealkylation sites (N-methyl/N-ethyl adjacent to an activating group) is 1. The van der Waals surface area contributed by atoms with E-state index in [0.717, 1.165) is 17.7 Å². The highest BCUT2D eigenvalue weighted by atomic mass is 32.2. The van der Waals surface area contributed by atoms with Gasteiger partial charge >= 0.3 is 0 Å². The van der Waals surface area contributed by atoms with E-state index in [9.17, 15) is 8.42 Å². The minimum Gasteiger partial charge on any atom is -0.492 e. The molecule has 0 amide bonds. The van der Waals surface area contributed by atoms with Gasteiger partial charge < -0.3 is 4.74 Å². The van der Waals surface area contributed by atoms with Crippen molar-refractivity contribution in [2.45, 2.75) is 18.2 Å². The standard InChI is InChI=1S/C17H21NO3S/c1-3-15-9-11-17(12-10-15)22(19,20)18(2)13-14-21-16-7-5-4-6-8-16/h4-12H,3,13-14H2,1-2H3. The molecule has 0 aliphatic heterocycles. The van der Waals surface area contributed by atoms with Crippen LogP contribution in [0.1, 0.15) is 12.5 Å². The average Bonchev–Trinajstić information content (AvgIpc) is 2.55. The van der Waals surface area contributed by atoms with Crippen LogP contribution >= 0.6 is 0 Å². The summed E-state index contributed by atoms with van der Waals surface area (Å²) < 4.78 is 31.7. The third-order valence-electron chi connectivity index (χ3n) is 3.46. The van der Waals surface area contributed by atoms with Gasteiger partial charge in [0.25, 0.3) is 0 Å². The number of hydrogen-bond donors (Lipinski definition) is 0. The van der Waals surface area contributed by atoms with Crippen molar-refractivity contribution in [1.82, 2.24) is 4.31 Å². The fourth-order valence-electron chi connectivity index (χ4n) is 2.01. The van der Waals surface area contributed by atoms with Gasteiger partial charge in [0.2, 0.25) is 10.0 Å². The number of aryl methyl sites for hydroxylation is 1. The van der Waals surface area contributed by atoms with E-state index in [0.29, 0.717) is 18.0 Å². The Morgan fingerprint density at radius 1 is 1.00 bits per heavy atom. The number of sulfonamides is 1. The molecule has 0 aromatic heterocycles. The van der Waals surface area contributed by atoms with E-state index >= 15 is 0 Å². The number of rotatable bonds is 7. The Labute approximate surface area is 132 Å². The molecular formula is C17H21NO3S. The Morgan fingerprint density at radius 2 is 1.64 bits per heavy atom. The zero-order valence-corrected chi connectivity index (χ0v) is 13.7. The lowest BCUT2D eigenvalue weighted by molar-refractivity contribution is 0.287. The first-order chi connectivity index (χ1) is 10.5. The second kappa shape index (κ2) is 7.42. The van der Waals surface area contributed by atoms with Crippen molar-refractivity contribution >= 4 is 10.0 Å². The molecule has 0 aliphatic carbocycles. The van der Waals surface area contributed by atoms with Gasteiger partial charge in [-0.3, -0.25) is 0 Å². The van der Waals surface area contributed by atoms with E-state index in [1.807, 2.05) is 49.4 Å². The summed E-state index contributed by atoms with van der Waals surface area (Å²) in [6.45, 7) is 2.65. The third-order valence-corrected chi connectivity index (χ3v) is 5.33. The highest BCUT2D eigenvalue weighted by molar-refractivity contribution is 7.89. The monoisotopic (exact) mass is 319 g/mol. The van der Waals surface area contributed by atoms with E-state index in [-0.39, 0.29) is 0 Å². The predicted octanol–water partition coefficient (Wildman–Crippen LogP) is 2.95. The van der Waals surface area contributed by atoms with Crippen molar-refractivity contribution in [2.24, 2.45) is 0 Å². The van der Waals surface area contributed by atoms with Crippen LogP contribution in [0.2, 0.25) is 0 Å². The lowest BCUT2D eigenvalue weighted by Gasteiger charge is -2.17. The van der Waals surface area contributed by atoms with Gasteiger partial charge in [-0.2, -0.15) is 4.31 Å². The highest BCUT2D eigenvalue weighted by Crippen LogP contribution is 2.15. The van der Waals surface area contributed by atoms with Crippen LogP contribution in [0.5, 0.6) is 5.75 Å². The van der Waals surface area contributed by atoms with Crippen LogP contribution in [-0.4, -0.2) is 32.9 Å². The van der Waals surface area contributed by atoms with Gasteiger partial charge in [0.15, 0.2) is 0 Å². The molecule has 0 fully saturated rings. The van der Waals surface area contributed by atoms with Gasteiger partial charge in [-0.1, -0.05) is 37.3 Å². The van der Waals surface area contributed by atoms with E-state index < -0.39 is 10.0 Å². The molecular weight excluding hydrogens is 298 g/mol. The largest absolute Gasteiger partial charge is 0.492 e. The van der Waals surface area contributed by atoms with Crippen molar-refractivity contribution < 1.29 is 13.2 Å². The molecule has 118 valence electrons. The van der Waals surface area contributed by atoms with Crippen molar-refractivity contribution in [1.29, 1.82) is 0 Å². The molecule has 5 heteroatoms. The van der Waals surface area contributed by atoms with Gasteiger partial charge in [0.1, 0.15) is 12.4 Å². The molecule has 0 saturated heterocycles. The minimum atomic E-state index is -3.47. The number of ether oxygens (including phenoxy) is 1. The molecule has 0 N–H and O–H groups in total. The maximum absolute atomic E-state index is 12.4. The number of para-hydroxylation sites is 1. The Hall–Kier alpha value is -1.85. The summed E-state index contributed by atoms with van der Waals surface area (Å²) in [6, 6.07) is 16.4. The van der Waals surface area contributed by atoms with Crippen LogP contribution < -0.4 is 4.74 Å². The second-order valence-corrected chi connectivity index (χ2v) is 7.03. The topological polar surface area (TPSA) is 46.6 Å². The third kappa shape index (κ3) is 4.08. The van der Waals surface area contributed by atoms with Gasteiger partial charge in [-0.25, -0.2) is 8.42 Å². The lowest BCUT2D eigenvalue weighted by atomic mass is 10.2. The number of nitrogens with zero attached hydrogens (tertiary/aromatic N) is 1. The zero-order valence-electron chi connectivity index (χ0n) is 12.9. The highest BCUT2D eigenvalue weighted by Gasteiger charge is 2.20. The SMILES string of the molecule is CCc1ccc(S(=O)(=O)N(C)CCOc2ccccc2)cc1. The lowest BCUT2D eigenvalue weighted by Crippen LogP contribution is -2.31. The number of benzene rings is 2.